The lowest BCUT2D eigenvalue weighted by Crippen LogP contribution is -2.55. The summed E-state index contributed by atoms with van der Waals surface area (Å²) in [5.41, 5.74) is -5.71. The Labute approximate surface area is 153 Å². The van der Waals surface area contributed by atoms with Gasteiger partial charge in [0.2, 0.25) is 0 Å². The second-order valence-electron chi connectivity index (χ2n) is 8.56. The highest BCUT2D eigenvalue weighted by Crippen LogP contribution is 2.68. The van der Waals surface area contributed by atoms with Gasteiger partial charge >= 0.3 is 18.0 Å². The Morgan fingerprint density at radius 1 is 1.07 bits per heavy atom. The summed E-state index contributed by atoms with van der Waals surface area (Å²) in [5, 5.41) is 9.17. The van der Waals surface area contributed by atoms with Crippen molar-refractivity contribution in [3.63, 3.8) is 0 Å². The predicted octanol–water partition coefficient (Wildman–Crippen LogP) is 4.80. The molecule has 152 valence electrons. The number of hydrogen-bond acceptors (Lipinski definition) is 2. The van der Waals surface area contributed by atoms with E-state index in [0.29, 0.717) is 19.3 Å². The van der Waals surface area contributed by atoms with E-state index in [1.165, 1.54) is 0 Å². The molecule has 3 atom stereocenters. The molecule has 1 N–H and O–H groups in total. The Kier molecular flexibility index (Phi) is 4.66. The van der Waals surface area contributed by atoms with E-state index in [2.05, 4.69) is 0 Å². The zero-order valence-corrected chi connectivity index (χ0v) is 14.9. The number of ketones is 1. The normalized spacial score (nSPS) is 33.3. The summed E-state index contributed by atoms with van der Waals surface area (Å²) in [6.07, 6.45) is -6.97. The zero-order chi connectivity index (χ0) is 20.3. The van der Waals surface area contributed by atoms with Gasteiger partial charge in [0, 0.05) is 18.8 Å². The first-order chi connectivity index (χ1) is 12.3. The number of alkyl halides is 6. The van der Waals surface area contributed by atoms with Crippen LogP contribution in [-0.2, 0) is 4.79 Å². The van der Waals surface area contributed by atoms with Crippen LogP contribution in [0.1, 0.15) is 58.3 Å². The molecule has 27 heavy (non-hydrogen) atoms. The summed E-state index contributed by atoms with van der Waals surface area (Å²) in [6.45, 7) is 2.03. The van der Waals surface area contributed by atoms with Gasteiger partial charge in [0.1, 0.15) is 5.78 Å². The van der Waals surface area contributed by atoms with Gasteiger partial charge in [-0.2, -0.15) is 26.3 Å². The summed E-state index contributed by atoms with van der Waals surface area (Å²) < 4.78 is 76.5. The van der Waals surface area contributed by atoms with Crippen LogP contribution in [-0.4, -0.2) is 28.8 Å². The molecule has 0 saturated heterocycles. The van der Waals surface area contributed by atoms with E-state index in [-0.39, 0.29) is 29.5 Å². The van der Waals surface area contributed by atoms with Crippen LogP contribution in [0.4, 0.5) is 26.3 Å². The number of Topliss-reactive ketones (excluding diaryl/α,β-unsaturated/α-hetero) is 1. The van der Waals surface area contributed by atoms with E-state index in [1.807, 2.05) is 12.8 Å². The number of carbonyl (C=O) groups is 1. The summed E-state index contributed by atoms with van der Waals surface area (Å²) in [7, 11) is 0. The van der Waals surface area contributed by atoms with Crippen LogP contribution in [0.2, 0.25) is 0 Å². The maximum atomic E-state index is 12.8. The third kappa shape index (κ3) is 3.16. The van der Waals surface area contributed by atoms with E-state index in [1.54, 1.807) is 0 Å². The van der Waals surface area contributed by atoms with E-state index >= 15 is 0 Å². The van der Waals surface area contributed by atoms with Crippen LogP contribution < -0.4 is 0 Å². The minimum atomic E-state index is -5.92. The Morgan fingerprint density at radius 3 is 2.19 bits per heavy atom. The van der Waals surface area contributed by atoms with Gasteiger partial charge < -0.3 is 5.11 Å². The van der Waals surface area contributed by atoms with Gasteiger partial charge in [-0.1, -0.05) is 12.8 Å². The second kappa shape index (κ2) is 6.13. The predicted molar refractivity (Wildman–Crippen MR) is 84.3 cm³/mol. The maximum Gasteiger partial charge on any atom is 0.438 e. The Balaban J connectivity index is 1.81. The van der Waals surface area contributed by atoms with Crippen molar-refractivity contribution in [2.24, 2.45) is 22.7 Å². The topological polar surface area (TPSA) is 37.3 Å². The van der Waals surface area contributed by atoms with Crippen molar-refractivity contribution in [2.45, 2.75) is 76.2 Å². The van der Waals surface area contributed by atoms with Crippen LogP contribution in [0.5, 0.6) is 0 Å². The van der Waals surface area contributed by atoms with Crippen LogP contribution >= 0.6 is 0 Å². The minimum Gasteiger partial charge on any atom is -0.363 e. The average molecular weight is 396 g/mol. The first-order valence-corrected chi connectivity index (χ1v) is 9.15. The highest BCUT2D eigenvalue weighted by molar-refractivity contribution is 5.83. The van der Waals surface area contributed by atoms with E-state index in [4.69, 9.17) is 0 Å². The Morgan fingerprint density at radius 2 is 1.67 bits per heavy atom. The smallest absolute Gasteiger partial charge is 0.363 e. The summed E-state index contributed by atoms with van der Waals surface area (Å²) in [6, 6.07) is 0. The number of hydrogen-bond donors (Lipinski definition) is 1. The zero-order valence-electron chi connectivity index (χ0n) is 14.9. The monoisotopic (exact) mass is 396 g/mol. The lowest BCUT2D eigenvalue weighted by atomic mass is 9.60. The third-order valence-electron chi connectivity index (χ3n) is 7.03. The minimum absolute atomic E-state index is 0.0658. The van der Waals surface area contributed by atoms with Gasteiger partial charge in [0.05, 0.1) is 0 Å². The van der Waals surface area contributed by atoms with Crippen molar-refractivity contribution >= 4 is 5.78 Å². The number of fused-ring (bicyclic) bond motifs is 1. The lowest BCUT2D eigenvalue weighted by molar-refractivity contribution is -0.343. The fourth-order valence-corrected chi connectivity index (χ4v) is 5.40. The van der Waals surface area contributed by atoms with Gasteiger partial charge in [-0.15, -0.1) is 0 Å². The SMILES string of the molecule is C[C@@]12CCCC(=O)[C@H]1CC[C@H]2C1(CC#CC(O)(C(F)(F)F)C(F)(F)F)CC1. The number of halogens is 6. The number of aliphatic hydroxyl groups is 1. The van der Waals surface area contributed by atoms with Crippen molar-refractivity contribution in [1.29, 1.82) is 0 Å². The Hall–Kier alpha value is -1.23. The van der Waals surface area contributed by atoms with Crippen LogP contribution in [0.3, 0.4) is 0 Å². The highest BCUT2D eigenvalue weighted by Gasteiger charge is 2.70. The van der Waals surface area contributed by atoms with Crippen LogP contribution in [0, 0.1) is 34.5 Å². The molecule has 0 radical (unpaired) electrons. The first kappa shape index (κ1) is 20.5. The summed E-state index contributed by atoms with van der Waals surface area (Å²) >= 11 is 0. The fraction of sp³-hybridized carbons (Fsp3) is 0.842. The largest absolute Gasteiger partial charge is 0.438 e. The lowest BCUT2D eigenvalue weighted by Gasteiger charge is -2.43. The molecule has 3 aliphatic carbocycles. The molecular formula is C19H22F6O2. The van der Waals surface area contributed by atoms with Crippen LogP contribution in [0.15, 0.2) is 0 Å². The molecule has 0 aromatic carbocycles. The summed E-state index contributed by atoms with van der Waals surface area (Å²) in [5.74, 6) is 3.32. The van der Waals surface area contributed by atoms with Crippen molar-refractivity contribution in [3.05, 3.63) is 0 Å². The van der Waals surface area contributed by atoms with Gasteiger partial charge in [0.15, 0.2) is 0 Å². The molecule has 3 rings (SSSR count). The van der Waals surface area contributed by atoms with Crippen molar-refractivity contribution in [2.75, 3.05) is 0 Å². The molecule has 0 amide bonds. The second-order valence-corrected chi connectivity index (χ2v) is 8.56. The van der Waals surface area contributed by atoms with E-state index in [0.717, 1.165) is 31.6 Å². The molecule has 3 fully saturated rings. The molecule has 0 aromatic rings. The van der Waals surface area contributed by atoms with Crippen molar-refractivity contribution in [3.8, 4) is 11.8 Å². The number of rotatable bonds is 2. The van der Waals surface area contributed by atoms with E-state index in [9.17, 15) is 36.2 Å². The van der Waals surface area contributed by atoms with Crippen molar-refractivity contribution < 1.29 is 36.2 Å². The van der Waals surface area contributed by atoms with Gasteiger partial charge in [-0.3, -0.25) is 4.79 Å². The fourth-order valence-electron chi connectivity index (χ4n) is 5.40. The summed E-state index contributed by atoms with van der Waals surface area (Å²) in [4.78, 5) is 12.2. The average Bonchev–Trinajstić information content (AvgIpc) is 3.19. The Bertz CT molecular complexity index is 665. The standard InChI is InChI=1S/C19H22F6O2/c1-15-7-2-4-13(26)12(15)5-6-14(15)16(10-11-16)8-3-9-17(27,18(20,21)22)19(23,24)25/h12,14,27H,2,4-8,10-11H2,1H3/t12-,14-,15-/m1/s1. The third-order valence-corrected chi connectivity index (χ3v) is 7.03. The first-order valence-electron chi connectivity index (χ1n) is 9.15. The van der Waals surface area contributed by atoms with Gasteiger partial charge in [-0.25, -0.2) is 0 Å². The maximum absolute atomic E-state index is 12.8. The molecule has 3 saturated carbocycles. The molecule has 3 aliphatic rings. The van der Waals surface area contributed by atoms with Gasteiger partial charge in [0.25, 0.3) is 0 Å². The van der Waals surface area contributed by atoms with Gasteiger partial charge in [-0.05, 0) is 61.2 Å². The quantitative estimate of drug-likeness (QED) is 0.538. The molecule has 0 aliphatic heterocycles. The number of carbonyl (C=O) groups excluding carboxylic acids is 1. The van der Waals surface area contributed by atoms with Crippen molar-refractivity contribution in [1.82, 2.24) is 0 Å². The highest BCUT2D eigenvalue weighted by atomic mass is 19.4. The van der Waals surface area contributed by atoms with E-state index < -0.39 is 23.4 Å². The molecule has 2 nitrogen and oxygen atoms in total. The molecule has 0 heterocycles. The molecule has 0 aromatic heterocycles. The molecule has 8 heteroatoms. The molecule has 0 unspecified atom stereocenters. The molecular weight excluding hydrogens is 374 g/mol. The molecule has 0 spiro atoms. The molecule has 0 bridgehead atoms. The van der Waals surface area contributed by atoms with Crippen LogP contribution in [0.25, 0.3) is 0 Å².